The standard InChI is InChI=1S/C27H32F3N3O4S/c28-27(29,30)20-8-6-7-18(15-20)25(34)32-23-11-4-5-14-33(26(23)35)24-13-12-21(31)16-19(24)17-38(36,37)22-9-2-1-3-10-22/h1-3,6-10,15,19,21,23-24H,4-5,11-14,16-17,31H2,(H,32,34)/t19-,21+,23-,24-/m0/s1. The van der Waals surface area contributed by atoms with Gasteiger partial charge in [-0.2, -0.15) is 13.2 Å². The number of benzene rings is 2. The van der Waals surface area contributed by atoms with Crippen LogP contribution in [0, 0.1) is 5.92 Å². The average Bonchev–Trinajstić information content (AvgIpc) is 3.05. The lowest BCUT2D eigenvalue weighted by molar-refractivity contribution is -0.138. The first-order valence-corrected chi connectivity index (χ1v) is 14.4. The van der Waals surface area contributed by atoms with Crippen LogP contribution < -0.4 is 11.1 Å². The summed E-state index contributed by atoms with van der Waals surface area (Å²) in [6, 6.07) is 10.8. The molecule has 1 saturated heterocycles. The molecule has 1 saturated carbocycles. The summed E-state index contributed by atoms with van der Waals surface area (Å²) < 4.78 is 65.7. The van der Waals surface area contributed by atoms with Gasteiger partial charge in [-0.05, 0) is 74.8 Å². The molecule has 206 valence electrons. The second-order valence-electron chi connectivity index (χ2n) is 10.1. The van der Waals surface area contributed by atoms with E-state index >= 15 is 0 Å². The molecule has 3 N–H and O–H groups in total. The Morgan fingerprint density at radius 2 is 1.76 bits per heavy atom. The van der Waals surface area contributed by atoms with Gasteiger partial charge in [0.25, 0.3) is 5.91 Å². The molecule has 2 aromatic rings. The topological polar surface area (TPSA) is 110 Å². The fourth-order valence-electron chi connectivity index (χ4n) is 5.49. The third-order valence-corrected chi connectivity index (χ3v) is 9.26. The van der Waals surface area contributed by atoms with E-state index in [-0.39, 0.29) is 40.1 Å². The summed E-state index contributed by atoms with van der Waals surface area (Å²) >= 11 is 0. The van der Waals surface area contributed by atoms with E-state index < -0.39 is 33.5 Å². The number of carbonyl (C=O) groups excluding carboxylic acids is 2. The Bertz CT molecular complexity index is 1250. The molecule has 1 aliphatic carbocycles. The van der Waals surface area contributed by atoms with Gasteiger partial charge in [-0.15, -0.1) is 0 Å². The van der Waals surface area contributed by atoms with Crippen molar-refractivity contribution in [3.05, 3.63) is 65.7 Å². The number of nitrogens with one attached hydrogen (secondary N) is 1. The lowest BCUT2D eigenvalue weighted by Crippen LogP contribution is -2.55. The number of hydrogen-bond donors (Lipinski definition) is 2. The van der Waals surface area contributed by atoms with E-state index in [1.165, 1.54) is 6.07 Å². The molecular weight excluding hydrogens is 519 g/mol. The van der Waals surface area contributed by atoms with Gasteiger partial charge in [-0.1, -0.05) is 24.3 Å². The van der Waals surface area contributed by atoms with Crippen LogP contribution in [0.3, 0.4) is 0 Å². The Labute approximate surface area is 220 Å². The lowest BCUT2D eigenvalue weighted by atomic mass is 9.82. The van der Waals surface area contributed by atoms with Crippen LogP contribution in [-0.4, -0.2) is 55.6 Å². The summed E-state index contributed by atoms with van der Waals surface area (Å²) in [5, 5.41) is 2.63. The van der Waals surface area contributed by atoms with Gasteiger partial charge < -0.3 is 16.0 Å². The SMILES string of the molecule is N[C@@H]1CC[C@H](N2CCCC[C@H](NC(=O)c3cccc(C(F)(F)F)c3)C2=O)[C@H](CS(=O)(=O)c2ccccc2)C1. The molecule has 2 aliphatic rings. The normalized spacial score (nSPS) is 25.1. The highest BCUT2D eigenvalue weighted by atomic mass is 32.2. The molecule has 1 aliphatic heterocycles. The first-order chi connectivity index (χ1) is 18.0. The van der Waals surface area contributed by atoms with E-state index in [9.17, 15) is 31.2 Å². The van der Waals surface area contributed by atoms with Crippen molar-refractivity contribution in [1.29, 1.82) is 0 Å². The fraction of sp³-hybridized carbons (Fsp3) is 0.481. The summed E-state index contributed by atoms with van der Waals surface area (Å²) in [6.07, 6.45) is -1.33. The van der Waals surface area contributed by atoms with Crippen molar-refractivity contribution in [3.63, 3.8) is 0 Å². The second kappa shape index (κ2) is 11.4. The summed E-state index contributed by atoms with van der Waals surface area (Å²) in [6.45, 7) is 0.413. The predicted molar refractivity (Wildman–Crippen MR) is 136 cm³/mol. The minimum Gasteiger partial charge on any atom is -0.340 e. The van der Waals surface area contributed by atoms with E-state index in [0.29, 0.717) is 45.1 Å². The summed E-state index contributed by atoms with van der Waals surface area (Å²) in [4.78, 5) is 28.4. The van der Waals surface area contributed by atoms with Crippen LogP contribution in [0.2, 0.25) is 0 Å². The number of carbonyl (C=O) groups is 2. The van der Waals surface area contributed by atoms with E-state index in [4.69, 9.17) is 5.73 Å². The van der Waals surface area contributed by atoms with Crippen molar-refractivity contribution >= 4 is 21.7 Å². The van der Waals surface area contributed by atoms with Gasteiger partial charge >= 0.3 is 6.18 Å². The molecule has 0 radical (unpaired) electrons. The van der Waals surface area contributed by atoms with Gasteiger partial charge in [0.05, 0.1) is 16.2 Å². The van der Waals surface area contributed by atoms with Crippen molar-refractivity contribution < 1.29 is 31.2 Å². The number of rotatable bonds is 6. The Morgan fingerprint density at radius 1 is 1.03 bits per heavy atom. The smallest absolute Gasteiger partial charge is 0.340 e. The van der Waals surface area contributed by atoms with Crippen LogP contribution in [0.25, 0.3) is 0 Å². The average molecular weight is 552 g/mol. The van der Waals surface area contributed by atoms with Crippen LogP contribution in [0.5, 0.6) is 0 Å². The Morgan fingerprint density at radius 3 is 2.47 bits per heavy atom. The zero-order valence-corrected chi connectivity index (χ0v) is 21.7. The van der Waals surface area contributed by atoms with Gasteiger partial charge in [0.2, 0.25) is 5.91 Å². The summed E-state index contributed by atoms with van der Waals surface area (Å²) in [5.41, 5.74) is 5.08. The van der Waals surface area contributed by atoms with Crippen molar-refractivity contribution in [1.82, 2.24) is 10.2 Å². The summed E-state index contributed by atoms with van der Waals surface area (Å²) in [5.74, 6) is -1.64. The lowest BCUT2D eigenvalue weighted by Gasteiger charge is -2.42. The molecule has 0 aromatic heterocycles. The third kappa shape index (κ3) is 6.55. The third-order valence-electron chi connectivity index (χ3n) is 7.40. The molecule has 0 bridgehead atoms. The van der Waals surface area contributed by atoms with Crippen LogP contribution in [0.15, 0.2) is 59.5 Å². The van der Waals surface area contributed by atoms with E-state index in [1.807, 2.05) is 0 Å². The van der Waals surface area contributed by atoms with E-state index in [2.05, 4.69) is 5.32 Å². The maximum atomic E-state index is 13.7. The molecule has 7 nitrogen and oxygen atoms in total. The van der Waals surface area contributed by atoms with E-state index in [1.54, 1.807) is 35.2 Å². The fourth-order valence-corrected chi connectivity index (χ4v) is 7.17. The zero-order chi connectivity index (χ0) is 27.5. The minimum absolute atomic E-state index is 0.152. The number of likely N-dealkylation sites (tertiary alicyclic amines) is 1. The second-order valence-corrected chi connectivity index (χ2v) is 12.2. The first kappa shape index (κ1) is 28.1. The number of halogens is 3. The van der Waals surface area contributed by atoms with Crippen LogP contribution in [0.4, 0.5) is 13.2 Å². The number of hydrogen-bond acceptors (Lipinski definition) is 5. The Balaban J connectivity index is 1.53. The van der Waals surface area contributed by atoms with Gasteiger partial charge in [0.15, 0.2) is 9.84 Å². The van der Waals surface area contributed by atoms with Crippen LogP contribution in [-0.2, 0) is 20.8 Å². The molecule has 2 fully saturated rings. The van der Waals surface area contributed by atoms with Gasteiger partial charge in [-0.25, -0.2) is 8.42 Å². The molecule has 11 heteroatoms. The Kier molecular flexibility index (Phi) is 8.46. The van der Waals surface area contributed by atoms with E-state index in [0.717, 1.165) is 18.2 Å². The Hall–Kier alpha value is -2.92. The monoisotopic (exact) mass is 551 g/mol. The van der Waals surface area contributed by atoms with Crippen molar-refractivity contribution in [2.45, 2.75) is 67.7 Å². The molecule has 0 spiro atoms. The molecular formula is C27H32F3N3O4S. The molecule has 4 atom stereocenters. The van der Waals surface area contributed by atoms with Gasteiger partial charge in [-0.3, -0.25) is 9.59 Å². The molecule has 2 amide bonds. The largest absolute Gasteiger partial charge is 0.416 e. The highest BCUT2D eigenvalue weighted by Gasteiger charge is 2.41. The molecule has 1 heterocycles. The molecule has 4 rings (SSSR count). The van der Waals surface area contributed by atoms with Crippen molar-refractivity contribution in [2.24, 2.45) is 11.7 Å². The molecule has 0 unspecified atom stereocenters. The van der Waals surface area contributed by atoms with Crippen molar-refractivity contribution in [3.8, 4) is 0 Å². The highest BCUT2D eigenvalue weighted by Crippen LogP contribution is 2.33. The van der Waals surface area contributed by atoms with Crippen molar-refractivity contribution in [2.75, 3.05) is 12.3 Å². The van der Waals surface area contributed by atoms with Gasteiger partial charge in [0.1, 0.15) is 6.04 Å². The maximum absolute atomic E-state index is 13.7. The maximum Gasteiger partial charge on any atom is 0.416 e. The number of amides is 2. The quantitative estimate of drug-likeness (QED) is 0.568. The van der Waals surface area contributed by atoms with Crippen LogP contribution >= 0.6 is 0 Å². The number of alkyl halides is 3. The summed E-state index contributed by atoms with van der Waals surface area (Å²) in [7, 11) is -3.62. The van der Waals surface area contributed by atoms with Gasteiger partial charge in [0, 0.05) is 24.2 Å². The number of nitrogens with zero attached hydrogens (tertiary/aromatic N) is 1. The first-order valence-electron chi connectivity index (χ1n) is 12.8. The number of sulfone groups is 1. The highest BCUT2D eigenvalue weighted by molar-refractivity contribution is 7.91. The van der Waals surface area contributed by atoms with Crippen LogP contribution in [0.1, 0.15) is 54.4 Å². The number of nitrogens with two attached hydrogens (primary N) is 1. The molecule has 38 heavy (non-hydrogen) atoms. The zero-order valence-electron chi connectivity index (χ0n) is 20.9. The minimum atomic E-state index is -4.60. The predicted octanol–water partition coefficient (Wildman–Crippen LogP) is 3.79. The molecule has 2 aromatic carbocycles.